The molecule has 0 spiro atoms. The molecule has 5 rings (SSSR count). The van der Waals surface area contributed by atoms with Crippen LogP contribution in [0.2, 0.25) is 0 Å². The van der Waals surface area contributed by atoms with E-state index in [0.717, 1.165) is 31.0 Å². The number of anilines is 1. The predicted molar refractivity (Wildman–Crippen MR) is 151 cm³/mol. The molecular formula is C31H43N5O. The van der Waals surface area contributed by atoms with E-state index in [-0.39, 0.29) is 11.9 Å². The molecule has 0 bridgehead atoms. The van der Waals surface area contributed by atoms with Gasteiger partial charge >= 0.3 is 0 Å². The maximum absolute atomic E-state index is 13.1. The van der Waals surface area contributed by atoms with Crippen molar-refractivity contribution in [3.63, 3.8) is 0 Å². The fourth-order valence-corrected chi connectivity index (χ4v) is 6.47. The SMILES string of the molecule is [C-]#[N+]C1=CCC(C(=O)Nc2ccc(C3CCC(N4CCN(C)CC4)CC3)cc2C2=CCC(C)(C)CC2)N1. The van der Waals surface area contributed by atoms with Gasteiger partial charge in [-0.3, -0.25) is 9.69 Å². The molecule has 0 aromatic heterocycles. The topological polar surface area (TPSA) is 52.0 Å². The number of nitrogens with zero attached hydrogens (tertiary/aromatic N) is 3. The zero-order chi connectivity index (χ0) is 26.0. The van der Waals surface area contributed by atoms with Crippen LogP contribution in [0.5, 0.6) is 0 Å². The molecule has 2 heterocycles. The summed E-state index contributed by atoms with van der Waals surface area (Å²) >= 11 is 0. The van der Waals surface area contributed by atoms with E-state index >= 15 is 0 Å². The number of rotatable bonds is 5. The molecule has 2 N–H and O–H groups in total. The van der Waals surface area contributed by atoms with Crippen LogP contribution in [-0.4, -0.2) is 61.0 Å². The molecule has 37 heavy (non-hydrogen) atoms. The second-order valence-corrected chi connectivity index (χ2v) is 12.4. The lowest BCUT2D eigenvalue weighted by atomic mass is 9.76. The third-order valence-corrected chi connectivity index (χ3v) is 9.15. The van der Waals surface area contributed by atoms with Gasteiger partial charge in [0, 0.05) is 49.9 Å². The monoisotopic (exact) mass is 501 g/mol. The highest BCUT2D eigenvalue weighted by atomic mass is 16.2. The summed E-state index contributed by atoms with van der Waals surface area (Å²) in [6, 6.07) is 7.12. The van der Waals surface area contributed by atoms with Gasteiger partial charge < -0.3 is 20.4 Å². The van der Waals surface area contributed by atoms with Crippen LogP contribution in [0.4, 0.5) is 5.69 Å². The van der Waals surface area contributed by atoms with Crippen molar-refractivity contribution in [3.05, 3.63) is 58.7 Å². The summed E-state index contributed by atoms with van der Waals surface area (Å²) in [5.74, 6) is 1.00. The van der Waals surface area contributed by atoms with E-state index in [1.807, 2.05) is 6.08 Å². The molecule has 4 aliphatic rings. The Labute approximate surface area is 223 Å². The van der Waals surface area contributed by atoms with Crippen molar-refractivity contribution < 1.29 is 4.79 Å². The average Bonchev–Trinajstić information content (AvgIpc) is 3.39. The van der Waals surface area contributed by atoms with E-state index in [1.54, 1.807) is 0 Å². The standard InChI is InChI=1S/C31H43N5O/c1-31(2)15-13-23(14-16-31)26-21-24(7-10-27(26)34-30(37)28-11-12-29(32-3)33-28)22-5-8-25(9-6-22)36-19-17-35(4)18-20-36/h7,10,12-13,21-22,25,28,33H,5-6,8-9,11,14-20H2,1-2,4H3,(H,34,37). The zero-order valence-corrected chi connectivity index (χ0v) is 22.9. The second-order valence-electron chi connectivity index (χ2n) is 12.4. The third kappa shape index (κ3) is 6.10. The summed E-state index contributed by atoms with van der Waals surface area (Å²) in [4.78, 5) is 21.7. The van der Waals surface area contributed by atoms with E-state index in [4.69, 9.17) is 6.57 Å². The fraction of sp³-hybridized carbons (Fsp3) is 0.613. The number of nitrogens with one attached hydrogen (secondary N) is 2. The van der Waals surface area contributed by atoms with E-state index in [2.05, 4.69) is 70.4 Å². The number of allylic oxidation sites excluding steroid dienone is 2. The summed E-state index contributed by atoms with van der Waals surface area (Å²) < 4.78 is 0. The van der Waals surface area contributed by atoms with E-state index in [1.165, 1.54) is 68.6 Å². The predicted octanol–water partition coefficient (Wildman–Crippen LogP) is 5.61. The number of piperazine rings is 1. The molecular weight excluding hydrogens is 458 g/mol. The first-order valence-electron chi connectivity index (χ1n) is 14.2. The van der Waals surface area contributed by atoms with Crippen molar-refractivity contribution in [2.24, 2.45) is 5.41 Å². The third-order valence-electron chi connectivity index (χ3n) is 9.15. The average molecular weight is 502 g/mol. The van der Waals surface area contributed by atoms with Gasteiger partial charge in [0.1, 0.15) is 0 Å². The molecule has 6 heteroatoms. The van der Waals surface area contributed by atoms with Gasteiger partial charge in [0.05, 0.1) is 0 Å². The highest BCUT2D eigenvalue weighted by Crippen LogP contribution is 2.42. The Morgan fingerprint density at radius 2 is 1.86 bits per heavy atom. The largest absolute Gasteiger partial charge is 0.365 e. The molecule has 198 valence electrons. The summed E-state index contributed by atoms with van der Waals surface area (Å²) in [5, 5.41) is 6.25. The Morgan fingerprint density at radius 3 is 2.51 bits per heavy atom. The molecule has 6 nitrogen and oxygen atoms in total. The Balaban J connectivity index is 1.31. The van der Waals surface area contributed by atoms with Crippen molar-refractivity contribution in [2.45, 2.75) is 83.2 Å². The number of hydrogen-bond donors (Lipinski definition) is 2. The fourth-order valence-electron chi connectivity index (χ4n) is 6.47. The number of likely N-dealkylation sites (N-methyl/N-ethyl adjacent to an activating group) is 1. The van der Waals surface area contributed by atoms with Gasteiger partial charge in [-0.15, -0.1) is 0 Å². The quantitative estimate of drug-likeness (QED) is 0.515. The molecule has 2 aliphatic heterocycles. The molecule has 0 radical (unpaired) electrons. The summed E-state index contributed by atoms with van der Waals surface area (Å²) in [5.41, 5.74) is 5.22. The van der Waals surface area contributed by atoms with Crippen molar-refractivity contribution in [3.8, 4) is 0 Å². The summed E-state index contributed by atoms with van der Waals surface area (Å²) in [6.45, 7) is 16.7. The van der Waals surface area contributed by atoms with Crippen molar-refractivity contribution in [1.82, 2.24) is 15.1 Å². The highest BCUT2D eigenvalue weighted by Gasteiger charge is 2.30. The van der Waals surface area contributed by atoms with Gasteiger partial charge in [-0.1, -0.05) is 38.6 Å². The molecule has 1 unspecified atom stereocenters. The summed E-state index contributed by atoms with van der Waals surface area (Å²) in [6.07, 6.45) is 13.1. The minimum atomic E-state index is -0.374. The minimum absolute atomic E-state index is 0.0617. The van der Waals surface area contributed by atoms with Gasteiger partial charge in [-0.2, -0.15) is 0 Å². The van der Waals surface area contributed by atoms with Crippen molar-refractivity contribution in [1.29, 1.82) is 0 Å². The lowest BCUT2D eigenvalue weighted by molar-refractivity contribution is -0.117. The van der Waals surface area contributed by atoms with Crippen molar-refractivity contribution >= 4 is 17.2 Å². The lowest BCUT2D eigenvalue weighted by Crippen LogP contribution is -2.49. The van der Waals surface area contributed by atoms with Crippen LogP contribution in [-0.2, 0) is 4.79 Å². The maximum Gasteiger partial charge on any atom is 0.268 e. The van der Waals surface area contributed by atoms with E-state index in [0.29, 0.717) is 23.6 Å². The van der Waals surface area contributed by atoms with Crippen LogP contribution in [0.1, 0.15) is 82.3 Å². The highest BCUT2D eigenvalue weighted by molar-refractivity contribution is 5.98. The normalized spacial score (nSPS) is 28.5. The first-order valence-corrected chi connectivity index (χ1v) is 14.2. The smallest absolute Gasteiger partial charge is 0.268 e. The van der Waals surface area contributed by atoms with Crippen LogP contribution < -0.4 is 10.6 Å². The number of hydrogen-bond acceptors (Lipinski definition) is 4. The van der Waals surface area contributed by atoms with Gasteiger partial charge in [0.15, 0.2) is 6.04 Å². The van der Waals surface area contributed by atoms with Crippen LogP contribution in [0.25, 0.3) is 10.4 Å². The molecule has 1 amide bonds. The number of carbonyl (C=O) groups is 1. The van der Waals surface area contributed by atoms with Gasteiger partial charge in [0.2, 0.25) is 5.82 Å². The van der Waals surface area contributed by atoms with Gasteiger partial charge in [-0.05, 0) is 86.6 Å². The van der Waals surface area contributed by atoms with Gasteiger partial charge in [-0.25, -0.2) is 0 Å². The molecule has 1 saturated heterocycles. The van der Waals surface area contributed by atoms with E-state index < -0.39 is 0 Å². The van der Waals surface area contributed by atoms with Crippen LogP contribution in [0.15, 0.2) is 36.2 Å². The Morgan fingerprint density at radius 1 is 1.11 bits per heavy atom. The molecule has 1 atom stereocenters. The Bertz CT molecular complexity index is 1100. The number of carbonyl (C=O) groups excluding carboxylic acids is 1. The van der Waals surface area contributed by atoms with E-state index in [9.17, 15) is 4.79 Å². The minimum Gasteiger partial charge on any atom is -0.365 e. The molecule has 2 fully saturated rings. The first-order chi connectivity index (χ1) is 17.8. The number of amides is 1. The second kappa shape index (κ2) is 11.0. The maximum atomic E-state index is 13.1. The molecule has 2 aliphatic carbocycles. The molecule has 1 aromatic rings. The van der Waals surface area contributed by atoms with Crippen molar-refractivity contribution in [2.75, 3.05) is 38.5 Å². The summed E-state index contributed by atoms with van der Waals surface area (Å²) in [7, 11) is 2.23. The number of benzene rings is 1. The molecule has 1 saturated carbocycles. The Hall–Kier alpha value is -2.62. The Kier molecular flexibility index (Phi) is 7.74. The van der Waals surface area contributed by atoms with Crippen LogP contribution in [0, 0.1) is 12.0 Å². The van der Waals surface area contributed by atoms with Crippen LogP contribution in [0.3, 0.4) is 0 Å². The van der Waals surface area contributed by atoms with Gasteiger partial charge in [0.25, 0.3) is 5.91 Å². The molecule has 1 aromatic carbocycles. The zero-order valence-electron chi connectivity index (χ0n) is 22.9. The lowest BCUT2D eigenvalue weighted by Gasteiger charge is -2.41. The van der Waals surface area contributed by atoms with Crippen LogP contribution >= 0.6 is 0 Å². The first kappa shape index (κ1) is 26.0.